The largest absolute Gasteiger partial charge is 0.422 e. The van der Waals surface area contributed by atoms with E-state index >= 15 is 0 Å². The van der Waals surface area contributed by atoms with Crippen LogP contribution in [0.5, 0.6) is 11.5 Å². The highest BCUT2D eigenvalue weighted by molar-refractivity contribution is 5.91. The zero-order valence-corrected chi connectivity index (χ0v) is 16.9. The fourth-order valence-electron chi connectivity index (χ4n) is 2.22. The zero-order valence-electron chi connectivity index (χ0n) is 16.1. The summed E-state index contributed by atoms with van der Waals surface area (Å²) in [5.74, 6) is -0.648. The lowest BCUT2D eigenvalue weighted by Crippen LogP contribution is -2.17. The summed E-state index contributed by atoms with van der Waals surface area (Å²) in [4.78, 5) is 24.4. The monoisotopic (exact) mass is 391 g/mol. The van der Waals surface area contributed by atoms with Gasteiger partial charge in [0, 0.05) is 0 Å². The van der Waals surface area contributed by atoms with Gasteiger partial charge in [0.25, 0.3) is 0 Å². The summed E-state index contributed by atoms with van der Waals surface area (Å²) in [5.41, 5.74) is 2.49. The molecule has 27 heavy (non-hydrogen) atoms. The lowest BCUT2D eigenvalue weighted by atomic mass is 10.1. The second kappa shape index (κ2) is 10.7. The summed E-state index contributed by atoms with van der Waals surface area (Å²) in [6.45, 7) is 6.25. The lowest BCUT2D eigenvalue weighted by Gasteiger charge is -2.13. The molecule has 6 heteroatoms. The van der Waals surface area contributed by atoms with Gasteiger partial charge in [-0.2, -0.15) is 0 Å². The first-order valence-corrected chi connectivity index (χ1v) is 8.68. The predicted octanol–water partition coefficient (Wildman–Crippen LogP) is 3.96. The Morgan fingerprint density at radius 3 is 2.26 bits per heavy atom. The number of likely N-dealkylation sites (N-methyl/N-ethyl adjacent to an activating group) is 1. The van der Waals surface area contributed by atoms with Crippen LogP contribution in [0, 0.1) is 12.8 Å². The first-order valence-electron chi connectivity index (χ1n) is 8.68. The van der Waals surface area contributed by atoms with Crippen molar-refractivity contribution in [2.45, 2.75) is 27.2 Å². The van der Waals surface area contributed by atoms with Crippen LogP contribution in [0.15, 0.2) is 42.5 Å². The highest BCUT2D eigenvalue weighted by atomic mass is 35.5. The van der Waals surface area contributed by atoms with E-state index in [1.54, 1.807) is 38.1 Å². The summed E-state index contributed by atoms with van der Waals surface area (Å²) in [7, 11) is 1.87. The minimum atomic E-state index is -0.491. The molecule has 0 unspecified atom stereocenters. The molecule has 0 radical (unpaired) electrons. The number of hydrogen-bond donors (Lipinski definition) is 1. The lowest BCUT2D eigenvalue weighted by molar-refractivity contribution is -0.137. The molecule has 0 atom stereocenters. The Labute approximate surface area is 166 Å². The van der Waals surface area contributed by atoms with Gasteiger partial charge < -0.3 is 14.8 Å². The van der Waals surface area contributed by atoms with E-state index in [1.165, 1.54) is 0 Å². The Bertz CT molecular complexity index is 772. The molecule has 2 aromatic rings. The maximum Gasteiger partial charge on any atom is 0.343 e. The summed E-state index contributed by atoms with van der Waals surface area (Å²) in [5, 5.41) is 3.07. The van der Waals surface area contributed by atoms with Crippen molar-refractivity contribution in [1.29, 1.82) is 0 Å². The summed E-state index contributed by atoms with van der Waals surface area (Å²) in [6, 6.07) is 12.4. The predicted molar refractivity (Wildman–Crippen MR) is 108 cm³/mol. The fraction of sp³-hybridized carbons (Fsp3) is 0.333. The first-order chi connectivity index (χ1) is 12.4. The molecule has 0 aliphatic heterocycles. The number of halogens is 1. The summed E-state index contributed by atoms with van der Waals surface area (Å²) < 4.78 is 10.9. The first kappa shape index (κ1) is 22.7. The second-order valence-electron chi connectivity index (χ2n) is 6.47. The van der Waals surface area contributed by atoms with Gasteiger partial charge in [0.2, 0.25) is 0 Å². The fourth-order valence-corrected chi connectivity index (χ4v) is 2.22. The van der Waals surface area contributed by atoms with Crippen molar-refractivity contribution in [3.05, 3.63) is 59.2 Å². The van der Waals surface area contributed by atoms with Crippen molar-refractivity contribution in [2.75, 3.05) is 13.6 Å². The van der Waals surface area contributed by atoms with Gasteiger partial charge in [0.1, 0.15) is 0 Å². The topological polar surface area (TPSA) is 64.6 Å². The van der Waals surface area contributed by atoms with Crippen molar-refractivity contribution < 1.29 is 19.1 Å². The smallest absolute Gasteiger partial charge is 0.343 e. The highest BCUT2D eigenvalue weighted by Crippen LogP contribution is 2.30. The minimum Gasteiger partial charge on any atom is -0.422 e. The molecule has 2 aromatic carbocycles. The number of nitrogens with one attached hydrogen (secondary N) is 1. The number of carbonyl (C=O) groups excluding carboxylic acids is 2. The molecule has 146 valence electrons. The minimum absolute atomic E-state index is 0. The number of ether oxygens (including phenoxy) is 2. The molecule has 0 aromatic heterocycles. The van der Waals surface area contributed by atoms with E-state index in [1.807, 2.05) is 32.2 Å². The van der Waals surface area contributed by atoms with Crippen LogP contribution < -0.4 is 14.8 Å². The van der Waals surface area contributed by atoms with Crippen LogP contribution in [0.4, 0.5) is 0 Å². The van der Waals surface area contributed by atoms with Gasteiger partial charge in [-0.05, 0) is 56.8 Å². The van der Waals surface area contributed by atoms with Crippen molar-refractivity contribution in [3.8, 4) is 11.5 Å². The van der Waals surface area contributed by atoms with Crippen molar-refractivity contribution in [1.82, 2.24) is 5.32 Å². The Morgan fingerprint density at radius 1 is 1.00 bits per heavy atom. The molecule has 5 nitrogen and oxygen atoms in total. The van der Waals surface area contributed by atoms with Gasteiger partial charge in [0.15, 0.2) is 11.5 Å². The Morgan fingerprint density at radius 2 is 1.67 bits per heavy atom. The molecule has 0 saturated carbocycles. The third kappa shape index (κ3) is 6.70. The van der Waals surface area contributed by atoms with Crippen LogP contribution in [0.25, 0.3) is 0 Å². The molecule has 0 bridgehead atoms. The molecule has 0 fully saturated rings. The molecular weight excluding hydrogens is 366 g/mol. The van der Waals surface area contributed by atoms with E-state index < -0.39 is 5.97 Å². The zero-order chi connectivity index (χ0) is 19.1. The Hall–Kier alpha value is -2.37. The third-order valence-corrected chi connectivity index (χ3v) is 3.84. The van der Waals surface area contributed by atoms with Gasteiger partial charge in [0.05, 0.1) is 11.5 Å². The maximum absolute atomic E-state index is 12.4. The van der Waals surface area contributed by atoms with Crippen LogP contribution in [-0.4, -0.2) is 25.5 Å². The van der Waals surface area contributed by atoms with Crippen molar-refractivity contribution >= 4 is 24.3 Å². The van der Waals surface area contributed by atoms with Crippen LogP contribution in [0.2, 0.25) is 0 Å². The Kier molecular flexibility index (Phi) is 8.98. The number of benzene rings is 2. The normalized spacial score (nSPS) is 10.3. The third-order valence-electron chi connectivity index (χ3n) is 3.84. The number of hydrogen-bond acceptors (Lipinski definition) is 5. The number of rotatable bonds is 7. The number of carbonyl (C=O) groups is 2. The molecule has 0 spiro atoms. The quantitative estimate of drug-likeness (QED) is 0.571. The van der Waals surface area contributed by atoms with E-state index in [0.29, 0.717) is 5.56 Å². The molecule has 0 aliphatic carbocycles. The maximum atomic E-state index is 12.4. The molecule has 1 N–H and O–H groups in total. The highest BCUT2D eigenvalue weighted by Gasteiger charge is 2.17. The SMILES string of the molecule is CNCCc1ccc(OC(=O)c2ccc(C)cc2)c(OC(=O)C(C)C)c1.Cl. The molecule has 0 amide bonds. The van der Waals surface area contributed by atoms with Gasteiger partial charge in [-0.3, -0.25) is 4.79 Å². The van der Waals surface area contributed by atoms with Crippen molar-refractivity contribution in [2.24, 2.45) is 5.92 Å². The van der Waals surface area contributed by atoms with E-state index in [9.17, 15) is 9.59 Å². The molecule has 2 rings (SSSR count). The second-order valence-corrected chi connectivity index (χ2v) is 6.47. The number of aryl methyl sites for hydroxylation is 1. The average Bonchev–Trinajstić information content (AvgIpc) is 2.62. The van der Waals surface area contributed by atoms with Crippen LogP contribution >= 0.6 is 12.4 Å². The Balaban J connectivity index is 0.00000364. The van der Waals surface area contributed by atoms with Crippen LogP contribution in [0.3, 0.4) is 0 Å². The van der Waals surface area contributed by atoms with E-state index in [-0.39, 0.29) is 35.8 Å². The van der Waals surface area contributed by atoms with Crippen LogP contribution in [-0.2, 0) is 11.2 Å². The summed E-state index contributed by atoms with van der Waals surface area (Å²) >= 11 is 0. The van der Waals surface area contributed by atoms with E-state index in [2.05, 4.69) is 5.32 Å². The number of esters is 2. The van der Waals surface area contributed by atoms with Gasteiger partial charge >= 0.3 is 11.9 Å². The van der Waals surface area contributed by atoms with Gasteiger partial charge in [-0.25, -0.2) is 4.79 Å². The van der Waals surface area contributed by atoms with Crippen molar-refractivity contribution in [3.63, 3.8) is 0 Å². The van der Waals surface area contributed by atoms with E-state index in [0.717, 1.165) is 24.1 Å². The average molecular weight is 392 g/mol. The molecular formula is C21H26ClNO4. The van der Waals surface area contributed by atoms with Gasteiger partial charge in [-0.1, -0.05) is 37.6 Å². The molecule has 0 saturated heterocycles. The summed E-state index contributed by atoms with van der Waals surface area (Å²) in [6.07, 6.45) is 0.773. The standard InChI is InChI=1S/C21H25NO4.ClH/c1-14(2)20(23)26-19-13-16(11-12-22-4)7-10-18(19)25-21(24)17-8-5-15(3)6-9-17;/h5-10,13-14,22H,11-12H2,1-4H3;1H. The molecule has 0 heterocycles. The van der Waals surface area contributed by atoms with Gasteiger partial charge in [-0.15, -0.1) is 12.4 Å². The van der Waals surface area contributed by atoms with E-state index in [4.69, 9.17) is 9.47 Å². The van der Waals surface area contributed by atoms with Crippen LogP contribution in [0.1, 0.15) is 35.3 Å². The molecule has 0 aliphatic rings.